The van der Waals surface area contributed by atoms with E-state index in [4.69, 9.17) is 0 Å². The smallest absolute Gasteiger partial charge is 0.312 e. The van der Waals surface area contributed by atoms with Crippen molar-refractivity contribution in [1.82, 2.24) is 9.78 Å². The number of aromatic nitrogens is 2. The van der Waals surface area contributed by atoms with Crippen LogP contribution in [0.5, 0.6) is 0 Å². The van der Waals surface area contributed by atoms with Gasteiger partial charge in [-0.3, -0.25) is 19.6 Å². The maximum Gasteiger partial charge on any atom is 0.312 e. The normalized spacial score (nSPS) is 12.2. The van der Waals surface area contributed by atoms with Gasteiger partial charge < -0.3 is 9.84 Å². The highest BCUT2D eigenvalue weighted by molar-refractivity contribution is 5.70. The van der Waals surface area contributed by atoms with Gasteiger partial charge in [0.15, 0.2) is 0 Å². The Labute approximate surface area is 90.6 Å². The number of hydrogen-bond acceptors (Lipinski definition) is 6. The summed E-state index contributed by atoms with van der Waals surface area (Å²) in [4.78, 5) is 20.9. The molecule has 1 atom stereocenters. The Morgan fingerprint density at radius 1 is 1.81 bits per heavy atom. The number of rotatable bonds is 4. The molecule has 0 amide bonds. The summed E-state index contributed by atoms with van der Waals surface area (Å²) in [5.41, 5.74) is -0.339. The van der Waals surface area contributed by atoms with Crippen molar-refractivity contribution < 1.29 is 19.6 Å². The van der Waals surface area contributed by atoms with Gasteiger partial charge in [0, 0.05) is 7.05 Å². The number of methoxy groups -OCH3 is 1. The number of esters is 1. The fourth-order valence-corrected chi connectivity index (χ4v) is 1.30. The van der Waals surface area contributed by atoms with Crippen LogP contribution < -0.4 is 0 Å². The number of nitro groups is 1. The fourth-order valence-electron chi connectivity index (χ4n) is 1.30. The van der Waals surface area contributed by atoms with E-state index < -0.39 is 17.0 Å². The number of aryl methyl sites for hydroxylation is 1. The van der Waals surface area contributed by atoms with E-state index >= 15 is 0 Å². The molecule has 0 aromatic carbocycles. The molecule has 1 aromatic rings. The SMILES string of the molecule is COC(=O)C[C@H](O)c1c([N+](=O)[O-])cnn1C. The molecule has 0 unspecified atom stereocenters. The molecule has 16 heavy (non-hydrogen) atoms. The van der Waals surface area contributed by atoms with Gasteiger partial charge in [-0.15, -0.1) is 0 Å². The Balaban J connectivity index is 2.97. The molecule has 0 saturated heterocycles. The standard InChI is InChI=1S/C8H11N3O5/c1-10-8(5(4-9-10)11(14)15)6(12)3-7(13)16-2/h4,6,12H,3H2,1-2H3/t6-/m0/s1. The molecule has 0 fully saturated rings. The van der Waals surface area contributed by atoms with Crippen molar-refractivity contribution in [3.8, 4) is 0 Å². The molecule has 0 aliphatic rings. The molecule has 1 aromatic heterocycles. The zero-order valence-electron chi connectivity index (χ0n) is 8.78. The van der Waals surface area contributed by atoms with E-state index in [0.717, 1.165) is 10.9 Å². The predicted octanol–water partition coefficient (Wildman–Crippen LogP) is -0.0752. The molecule has 0 spiro atoms. The van der Waals surface area contributed by atoms with Gasteiger partial charge in [-0.1, -0.05) is 0 Å². The zero-order valence-corrected chi connectivity index (χ0v) is 8.78. The number of nitrogens with zero attached hydrogens (tertiary/aromatic N) is 3. The summed E-state index contributed by atoms with van der Waals surface area (Å²) < 4.78 is 5.52. The largest absolute Gasteiger partial charge is 0.469 e. The maximum atomic E-state index is 10.9. The maximum absolute atomic E-state index is 10.9. The van der Waals surface area contributed by atoms with Gasteiger partial charge in [0.05, 0.1) is 18.5 Å². The highest BCUT2D eigenvalue weighted by Crippen LogP contribution is 2.26. The first kappa shape index (κ1) is 12.1. The molecule has 0 aliphatic heterocycles. The first-order chi connectivity index (χ1) is 7.47. The van der Waals surface area contributed by atoms with Crippen LogP contribution in [-0.2, 0) is 16.6 Å². The van der Waals surface area contributed by atoms with Gasteiger partial charge in [-0.25, -0.2) is 0 Å². The van der Waals surface area contributed by atoms with E-state index in [1.165, 1.54) is 14.2 Å². The van der Waals surface area contributed by atoms with E-state index in [1.807, 2.05) is 0 Å². The summed E-state index contributed by atoms with van der Waals surface area (Å²) in [5, 5.41) is 23.9. The van der Waals surface area contributed by atoms with Crippen LogP contribution in [-0.4, -0.2) is 32.9 Å². The average Bonchev–Trinajstić information content (AvgIpc) is 2.59. The Morgan fingerprint density at radius 3 is 2.94 bits per heavy atom. The molecule has 0 bridgehead atoms. The second kappa shape index (κ2) is 4.71. The molecule has 8 heteroatoms. The minimum absolute atomic E-state index is 0.0181. The van der Waals surface area contributed by atoms with Crippen molar-refractivity contribution in [2.45, 2.75) is 12.5 Å². The topological polar surface area (TPSA) is 107 Å². The zero-order chi connectivity index (χ0) is 12.3. The molecule has 1 N–H and O–H groups in total. The van der Waals surface area contributed by atoms with E-state index in [0.29, 0.717) is 0 Å². The molecular formula is C8H11N3O5. The fraction of sp³-hybridized carbons (Fsp3) is 0.500. The molecule has 88 valence electrons. The van der Waals surface area contributed by atoms with Crippen molar-refractivity contribution in [3.63, 3.8) is 0 Å². The monoisotopic (exact) mass is 229 g/mol. The van der Waals surface area contributed by atoms with Crippen LogP contribution in [0.1, 0.15) is 18.2 Å². The van der Waals surface area contributed by atoms with Crippen molar-refractivity contribution in [1.29, 1.82) is 0 Å². The van der Waals surface area contributed by atoms with Gasteiger partial charge in [0.2, 0.25) is 0 Å². The lowest BCUT2D eigenvalue weighted by molar-refractivity contribution is -0.386. The third-order valence-corrected chi connectivity index (χ3v) is 2.06. The van der Waals surface area contributed by atoms with Crippen LogP contribution in [0.4, 0.5) is 5.69 Å². The van der Waals surface area contributed by atoms with E-state index in [1.54, 1.807) is 0 Å². The average molecular weight is 229 g/mol. The third-order valence-electron chi connectivity index (χ3n) is 2.06. The van der Waals surface area contributed by atoms with Crippen LogP contribution >= 0.6 is 0 Å². The quantitative estimate of drug-likeness (QED) is 0.439. The molecule has 1 heterocycles. The Kier molecular flexibility index (Phi) is 3.56. The van der Waals surface area contributed by atoms with Crippen LogP contribution in [0.15, 0.2) is 6.20 Å². The molecule has 0 saturated carbocycles. The Bertz CT molecular complexity index is 414. The number of carbonyl (C=O) groups is 1. The van der Waals surface area contributed by atoms with Gasteiger partial charge in [0.1, 0.15) is 18.0 Å². The minimum Gasteiger partial charge on any atom is -0.469 e. The lowest BCUT2D eigenvalue weighted by Gasteiger charge is -2.08. The van der Waals surface area contributed by atoms with Crippen LogP contribution in [0.25, 0.3) is 0 Å². The molecule has 0 radical (unpaired) electrons. The summed E-state index contributed by atoms with van der Waals surface area (Å²) in [6, 6.07) is 0. The minimum atomic E-state index is -1.31. The lowest BCUT2D eigenvalue weighted by atomic mass is 10.1. The second-order valence-electron chi connectivity index (χ2n) is 3.09. The summed E-state index contributed by atoms with van der Waals surface area (Å²) in [6.07, 6.45) is -0.632. The van der Waals surface area contributed by atoms with Crippen LogP contribution in [0, 0.1) is 10.1 Å². The lowest BCUT2D eigenvalue weighted by Crippen LogP contribution is -2.13. The van der Waals surface area contributed by atoms with Gasteiger partial charge in [0.25, 0.3) is 0 Å². The summed E-state index contributed by atoms with van der Waals surface area (Å²) in [7, 11) is 2.62. The summed E-state index contributed by atoms with van der Waals surface area (Å²) in [5.74, 6) is -0.650. The highest BCUT2D eigenvalue weighted by atomic mass is 16.6. The van der Waals surface area contributed by atoms with Gasteiger partial charge in [-0.05, 0) is 0 Å². The highest BCUT2D eigenvalue weighted by Gasteiger charge is 2.27. The Hall–Kier alpha value is -1.96. The number of ether oxygens (including phenoxy) is 1. The Morgan fingerprint density at radius 2 is 2.44 bits per heavy atom. The number of hydrogen-bond donors (Lipinski definition) is 1. The van der Waals surface area contributed by atoms with Crippen LogP contribution in [0.3, 0.4) is 0 Å². The van der Waals surface area contributed by atoms with E-state index in [-0.39, 0.29) is 17.8 Å². The number of aliphatic hydroxyl groups excluding tert-OH is 1. The van der Waals surface area contributed by atoms with Crippen LogP contribution in [0.2, 0.25) is 0 Å². The predicted molar refractivity (Wildman–Crippen MR) is 51.5 cm³/mol. The third kappa shape index (κ3) is 2.34. The molecule has 1 rings (SSSR count). The first-order valence-corrected chi connectivity index (χ1v) is 4.38. The van der Waals surface area contributed by atoms with E-state index in [2.05, 4.69) is 9.84 Å². The molecule has 8 nitrogen and oxygen atoms in total. The van der Waals surface area contributed by atoms with Crippen molar-refractivity contribution in [2.24, 2.45) is 7.05 Å². The first-order valence-electron chi connectivity index (χ1n) is 4.38. The molecule has 0 aliphatic carbocycles. The summed E-state index contributed by atoms with van der Waals surface area (Å²) >= 11 is 0. The van der Waals surface area contributed by atoms with Gasteiger partial charge >= 0.3 is 11.7 Å². The van der Waals surface area contributed by atoms with Crippen molar-refractivity contribution in [3.05, 3.63) is 22.0 Å². The number of carbonyl (C=O) groups excluding carboxylic acids is 1. The summed E-state index contributed by atoms with van der Waals surface area (Å²) in [6.45, 7) is 0. The van der Waals surface area contributed by atoms with Crippen molar-refractivity contribution >= 4 is 11.7 Å². The molecular weight excluding hydrogens is 218 g/mol. The van der Waals surface area contributed by atoms with Crippen molar-refractivity contribution in [2.75, 3.05) is 7.11 Å². The van der Waals surface area contributed by atoms with Gasteiger partial charge in [-0.2, -0.15) is 5.10 Å². The number of aliphatic hydroxyl groups is 1. The second-order valence-corrected chi connectivity index (χ2v) is 3.09. The van der Waals surface area contributed by atoms with E-state index in [9.17, 15) is 20.0 Å².